The predicted molar refractivity (Wildman–Crippen MR) is 115 cm³/mol. The molecule has 0 aromatic heterocycles. The van der Waals surface area contributed by atoms with Crippen LogP contribution in [0.2, 0.25) is 20.1 Å². The molecule has 0 spiro atoms. The van der Waals surface area contributed by atoms with Crippen LogP contribution in [0.1, 0.15) is 20.8 Å². The lowest BCUT2D eigenvalue weighted by Gasteiger charge is -2.21. The number of halogens is 4. The zero-order chi connectivity index (χ0) is 22.0. The molecule has 0 bridgehead atoms. The zero-order valence-electron chi connectivity index (χ0n) is 15.7. The van der Waals surface area contributed by atoms with E-state index in [4.69, 9.17) is 60.6 Å². The molecule has 0 N–H and O–H groups in total. The molecule has 0 saturated heterocycles. The lowest BCUT2D eigenvalue weighted by atomic mass is 10.1. The van der Waals surface area contributed by atoms with Gasteiger partial charge in [0.25, 0.3) is 0 Å². The van der Waals surface area contributed by atoms with Gasteiger partial charge in [-0.25, -0.2) is 9.59 Å². The fourth-order valence-corrected chi connectivity index (χ4v) is 3.08. The van der Waals surface area contributed by atoms with Crippen molar-refractivity contribution in [1.29, 1.82) is 0 Å². The molecule has 29 heavy (non-hydrogen) atoms. The van der Waals surface area contributed by atoms with Crippen LogP contribution in [0.25, 0.3) is 10.8 Å². The Labute approximate surface area is 187 Å². The van der Waals surface area contributed by atoms with Crippen LogP contribution in [0.5, 0.6) is 11.5 Å². The van der Waals surface area contributed by atoms with Crippen molar-refractivity contribution in [3.63, 3.8) is 0 Å². The normalized spacial score (nSPS) is 11.7. The van der Waals surface area contributed by atoms with Crippen molar-refractivity contribution < 1.29 is 23.8 Å². The molecule has 0 fully saturated rings. The second kappa shape index (κ2) is 9.26. The third-order valence-corrected chi connectivity index (χ3v) is 5.23. The molecule has 2 aromatic rings. The first-order valence-corrected chi connectivity index (χ1v) is 9.66. The van der Waals surface area contributed by atoms with Gasteiger partial charge in [0.05, 0.1) is 15.4 Å². The monoisotopic (exact) mass is 476 g/mol. The Morgan fingerprint density at radius 1 is 0.897 bits per heavy atom. The molecule has 1 unspecified atom stereocenters. The van der Waals surface area contributed by atoms with Crippen molar-refractivity contribution in [1.82, 2.24) is 0 Å². The van der Waals surface area contributed by atoms with Crippen LogP contribution in [-0.2, 0) is 14.3 Å². The van der Waals surface area contributed by atoms with Gasteiger partial charge in [-0.3, -0.25) is 0 Å². The van der Waals surface area contributed by atoms with Gasteiger partial charge >= 0.3 is 11.9 Å². The first-order chi connectivity index (χ1) is 13.5. The minimum atomic E-state index is -1.03. The van der Waals surface area contributed by atoms with Crippen LogP contribution >= 0.6 is 46.4 Å². The van der Waals surface area contributed by atoms with Gasteiger partial charge in [0.15, 0.2) is 11.5 Å². The molecule has 0 heterocycles. The maximum Gasteiger partial charge on any atom is 0.338 e. The number of benzene rings is 2. The van der Waals surface area contributed by atoms with Gasteiger partial charge in [-0.1, -0.05) is 59.6 Å². The Bertz CT molecular complexity index is 1050. The molecular formula is C20H16Cl4O5. The minimum absolute atomic E-state index is 0.0692. The Morgan fingerprint density at radius 2 is 1.45 bits per heavy atom. The van der Waals surface area contributed by atoms with Gasteiger partial charge in [0.1, 0.15) is 10.0 Å². The molecule has 0 saturated carbocycles. The average Bonchev–Trinajstić information content (AvgIpc) is 2.64. The first kappa shape index (κ1) is 23.4. The van der Waals surface area contributed by atoms with Crippen LogP contribution in [0.15, 0.2) is 36.4 Å². The molecule has 5 nitrogen and oxygen atoms in total. The molecule has 0 aliphatic carbocycles. The number of carbonyl (C=O) groups excluding carboxylic acids is 2. The molecule has 9 heteroatoms. The number of rotatable bonds is 6. The standard InChI is InChI=1S/C20H16Cl4O5/c1-8(2)19(25)28-10(5)27-17-11-6-7-12(21)14(22)13(11)18(16(24)15(17)23)29-20(26)9(3)4/h6-7,10H,1,3H2,2,4-5H3. The quantitative estimate of drug-likeness (QED) is 0.198. The van der Waals surface area contributed by atoms with E-state index in [0.717, 1.165) is 0 Å². The lowest BCUT2D eigenvalue weighted by molar-refractivity contribution is -0.156. The summed E-state index contributed by atoms with van der Waals surface area (Å²) in [5.74, 6) is -1.39. The highest BCUT2D eigenvalue weighted by molar-refractivity contribution is 6.49. The number of ether oxygens (including phenoxy) is 3. The molecule has 2 rings (SSSR count). The smallest absolute Gasteiger partial charge is 0.338 e. The van der Waals surface area contributed by atoms with Crippen LogP contribution in [-0.4, -0.2) is 18.2 Å². The number of fused-ring (bicyclic) bond motifs is 1. The highest BCUT2D eigenvalue weighted by Gasteiger charge is 2.26. The van der Waals surface area contributed by atoms with Crippen molar-refractivity contribution in [3.05, 3.63) is 56.5 Å². The molecule has 0 aliphatic heterocycles. The fourth-order valence-electron chi connectivity index (χ4n) is 2.22. The number of carbonyl (C=O) groups is 2. The molecule has 1 atom stereocenters. The van der Waals surface area contributed by atoms with E-state index in [0.29, 0.717) is 5.39 Å². The summed E-state index contributed by atoms with van der Waals surface area (Å²) >= 11 is 25.2. The molecule has 2 aromatic carbocycles. The summed E-state index contributed by atoms with van der Waals surface area (Å²) in [6.07, 6.45) is -1.03. The van der Waals surface area contributed by atoms with E-state index in [-0.39, 0.29) is 48.1 Å². The van der Waals surface area contributed by atoms with Crippen molar-refractivity contribution in [2.75, 3.05) is 0 Å². The summed E-state index contributed by atoms with van der Waals surface area (Å²) in [6.45, 7) is 11.5. The van der Waals surface area contributed by atoms with Crippen LogP contribution in [0.3, 0.4) is 0 Å². The van der Waals surface area contributed by atoms with Gasteiger partial charge in [-0.15, -0.1) is 0 Å². The highest BCUT2D eigenvalue weighted by Crippen LogP contribution is 2.50. The topological polar surface area (TPSA) is 61.8 Å². The summed E-state index contributed by atoms with van der Waals surface area (Å²) in [5.41, 5.74) is 0.343. The highest BCUT2D eigenvalue weighted by atomic mass is 35.5. The molecule has 0 amide bonds. The number of hydrogen-bond donors (Lipinski definition) is 0. The second-order valence-corrected chi connectivity index (χ2v) is 7.65. The SMILES string of the molecule is C=C(C)C(=O)Oc1c(Cl)c(Cl)c(OC(C)OC(=O)C(=C)C)c2ccc(Cl)c(Cl)c12. The van der Waals surface area contributed by atoms with Gasteiger partial charge < -0.3 is 14.2 Å². The third-order valence-electron chi connectivity index (χ3n) is 3.61. The van der Waals surface area contributed by atoms with Crippen molar-refractivity contribution in [3.8, 4) is 11.5 Å². The Kier molecular flexibility index (Phi) is 7.46. The Balaban J connectivity index is 2.67. The largest absolute Gasteiger partial charge is 0.453 e. The van der Waals surface area contributed by atoms with Crippen LogP contribution < -0.4 is 9.47 Å². The summed E-state index contributed by atoms with van der Waals surface area (Å²) in [7, 11) is 0. The maximum absolute atomic E-state index is 12.1. The van der Waals surface area contributed by atoms with E-state index in [1.807, 2.05) is 0 Å². The van der Waals surface area contributed by atoms with Gasteiger partial charge in [0, 0.05) is 23.5 Å². The third kappa shape index (κ3) is 4.98. The fraction of sp³-hybridized carbons (Fsp3) is 0.200. The van der Waals surface area contributed by atoms with Crippen LogP contribution in [0, 0.1) is 0 Å². The number of hydrogen-bond acceptors (Lipinski definition) is 5. The van der Waals surface area contributed by atoms with Crippen molar-refractivity contribution >= 4 is 69.1 Å². The van der Waals surface area contributed by atoms with Crippen LogP contribution in [0.4, 0.5) is 0 Å². The van der Waals surface area contributed by atoms with E-state index in [1.165, 1.54) is 26.8 Å². The van der Waals surface area contributed by atoms with E-state index in [2.05, 4.69) is 13.2 Å². The van der Waals surface area contributed by atoms with E-state index < -0.39 is 18.2 Å². The summed E-state index contributed by atoms with van der Waals surface area (Å²) in [6, 6.07) is 3.07. The Morgan fingerprint density at radius 3 is 2.00 bits per heavy atom. The number of esters is 2. The van der Waals surface area contributed by atoms with E-state index in [1.54, 1.807) is 6.07 Å². The average molecular weight is 478 g/mol. The van der Waals surface area contributed by atoms with Gasteiger partial charge in [0.2, 0.25) is 6.29 Å². The van der Waals surface area contributed by atoms with Crippen molar-refractivity contribution in [2.45, 2.75) is 27.1 Å². The maximum atomic E-state index is 12.1. The van der Waals surface area contributed by atoms with E-state index >= 15 is 0 Å². The molecule has 0 aliphatic rings. The molecular weight excluding hydrogens is 462 g/mol. The second-order valence-electron chi connectivity index (χ2n) is 6.11. The summed E-state index contributed by atoms with van der Waals surface area (Å²) in [5, 5.41) is 0.612. The van der Waals surface area contributed by atoms with Gasteiger partial charge in [-0.05, 0) is 26.0 Å². The zero-order valence-corrected chi connectivity index (χ0v) is 18.7. The summed E-state index contributed by atoms with van der Waals surface area (Å²) in [4.78, 5) is 23.8. The molecule has 154 valence electrons. The van der Waals surface area contributed by atoms with E-state index in [9.17, 15) is 9.59 Å². The van der Waals surface area contributed by atoms with Crippen molar-refractivity contribution in [2.24, 2.45) is 0 Å². The molecule has 0 radical (unpaired) electrons. The Hall–Kier alpha value is -1.92. The summed E-state index contributed by atoms with van der Waals surface area (Å²) < 4.78 is 16.2. The predicted octanol–water partition coefficient (Wildman–Crippen LogP) is 6.78. The first-order valence-electron chi connectivity index (χ1n) is 8.15. The van der Waals surface area contributed by atoms with Gasteiger partial charge in [-0.2, -0.15) is 0 Å². The lowest BCUT2D eigenvalue weighted by Crippen LogP contribution is -2.21. The minimum Gasteiger partial charge on any atom is -0.453 e.